The Balaban J connectivity index is 0.000000366. The second-order valence-corrected chi connectivity index (χ2v) is 3.94. The number of unbranched alkanes of at least 4 members (excludes halogenated alkanes) is 1. The molecule has 96 valence electrons. The average Bonchev–Trinajstić information content (AvgIpc) is 2.37. The predicted molar refractivity (Wildman–Crippen MR) is 71.0 cm³/mol. The Morgan fingerprint density at radius 1 is 1.35 bits per heavy atom. The van der Waals surface area contributed by atoms with E-state index in [1.54, 1.807) is 6.07 Å². The number of aldehydes is 1. The number of phenolic OH excluding ortho intramolecular Hbond substituents is 1. The Labute approximate surface area is 104 Å². The normalized spacial score (nSPS) is 11.2. The summed E-state index contributed by atoms with van der Waals surface area (Å²) in [5, 5.41) is 9.34. The van der Waals surface area contributed by atoms with Gasteiger partial charge in [0.05, 0.1) is 6.04 Å². The minimum Gasteiger partial charge on any atom is -0.508 e. The molecule has 1 aromatic rings. The van der Waals surface area contributed by atoms with Crippen LogP contribution in [0.2, 0.25) is 0 Å². The standard InChI is InChI=1S/C10H14O.C4H9NO/c1-2-3-6-9-7-4-5-8-10(9)11;1-2-4(5)3-6/h4-5,7-8,11H,2-3,6H2,1H3;3-4H,2,5H2,1H3. The molecule has 3 nitrogen and oxygen atoms in total. The zero-order valence-electron chi connectivity index (χ0n) is 10.7. The van der Waals surface area contributed by atoms with Gasteiger partial charge in [0, 0.05) is 0 Å². The summed E-state index contributed by atoms with van der Waals surface area (Å²) in [5.41, 5.74) is 6.17. The van der Waals surface area contributed by atoms with Crippen LogP contribution in [0.3, 0.4) is 0 Å². The van der Waals surface area contributed by atoms with Gasteiger partial charge in [-0.25, -0.2) is 0 Å². The van der Waals surface area contributed by atoms with Crippen LogP contribution in [0.4, 0.5) is 0 Å². The maximum absolute atomic E-state index is 9.61. The van der Waals surface area contributed by atoms with E-state index in [1.165, 1.54) is 6.42 Å². The summed E-state index contributed by atoms with van der Waals surface area (Å²) in [6, 6.07) is 7.29. The van der Waals surface area contributed by atoms with Gasteiger partial charge in [0.1, 0.15) is 12.0 Å². The summed E-state index contributed by atoms with van der Waals surface area (Å²) in [4.78, 5) is 9.61. The highest BCUT2D eigenvalue weighted by atomic mass is 16.3. The van der Waals surface area contributed by atoms with Gasteiger partial charge in [-0.05, 0) is 30.9 Å². The van der Waals surface area contributed by atoms with Crippen molar-refractivity contribution >= 4 is 6.29 Å². The van der Waals surface area contributed by atoms with Crippen molar-refractivity contribution in [3.8, 4) is 5.75 Å². The van der Waals surface area contributed by atoms with E-state index in [0.717, 1.165) is 31.1 Å². The molecule has 1 unspecified atom stereocenters. The second kappa shape index (κ2) is 9.85. The lowest BCUT2D eigenvalue weighted by molar-refractivity contribution is -0.108. The lowest BCUT2D eigenvalue weighted by Gasteiger charge is -2.01. The molecule has 0 aromatic heterocycles. The van der Waals surface area contributed by atoms with Crippen LogP contribution in [0.1, 0.15) is 38.7 Å². The van der Waals surface area contributed by atoms with Crippen LogP contribution in [0.25, 0.3) is 0 Å². The SMILES string of the molecule is CCC(N)C=O.CCCCc1ccccc1O. The third-order valence-corrected chi connectivity index (χ3v) is 2.44. The zero-order valence-corrected chi connectivity index (χ0v) is 10.7. The molecule has 0 aliphatic heterocycles. The number of hydrogen-bond acceptors (Lipinski definition) is 3. The fraction of sp³-hybridized carbons (Fsp3) is 0.500. The van der Waals surface area contributed by atoms with Gasteiger partial charge in [-0.3, -0.25) is 0 Å². The van der Waals surface area contributed by atoms with E-state index in [1.807, 2.05) is 25.1 Å². The molecule has 0 heterocycles. The molecule has 0 amide bonds. The molecule has 0 bridgehead atoms. The smallest absolute Gasteiger partial charge is 0.136 e. The maximum Gasteiger partial charge on any atom is 0.136 e. The quantitative estimate of drug-likeness (QED) is 0.774. The van der Waals surface area contributed by atoms with E-state index < -0.39 is 0 Å². The molecule has 0 aliphatic rings. The molecular weight excluding hydrogens is 214 g/mol. The minimum atomic E-state index is -0.245. The number of carbonyl (C=O) groups is 1. The summed E-state index contributed by atoms with van der Waals surface area (Å²) >= 11 is 0. The lowest BCUT2D eigenvalue weighted by Crippen LogP contribution is -2.19. The Morgan fingerprint density at radius 2 is 2.00 bits per heavy atom. The summed E-state index contributed by atoms with van der Waals surface area (Å²) in [6.07, 6.45) is 4.80. The van der Waals surface area contributed by atoms with Crippen molar-refractivity contribution < 1.29 is 9.90 Å². The Hall–Kier alpha value is -1.35. The van der Waals surface area contributed by atoms with Gasteiger partial charge in [-0.15, -0.1) is 0 Å². The van der Waals surface area contributed by atoms with Gasteiger partial charge in [-0.1, -0.05) is 38.5 Å². The van der Waals surface area contributed by atoms with Crippen LogP contribution < -0.4 is 5.73 Å². The van der Waals surface area contributed by atoms with Gasteiger partial charge in [0.25, 0.3) is 0 Å². The summed E-state index contributed by atoms with van der Waals surface area (Å²) in [7, 11) is 0. The largest absolute Gasteiger partial charge is 0.508 e. The molecule has 0 saturated carbocycles. The molecule has 0 saturated heterocycles. The Kier molecular flexibility index (Phi) is 9.06. The molecule has 3 N–H and O–H groups in total. The highest BCUT2D eigenvalue weighted by Gasteiger charge is 1.96. The number of benzene rings is 1. The number of para-hydroxylation sites is 1. The number of carbonyl (C=O) groups excluding carboxylic acids is 1. The monoisotopic (exact) mass is 237 g/mol. The van der Waals surface area contributed by atoms with Gasteiger partial charge in [0.2, 0.25) is 0 Å². The van der Waals surface area contributed by atoms with Crippen LogP contribution in [0.15, 0.2) is 24.3 Å². The Bertz CT molecular complexity index is 313. The first-order valence-electron chi connectivity index (χ1n) is 6.13. The molecule has 17 heavy (non-hydrogen) atoms. The van der Waals surface area contributed by atoms with Crippen molar-refractivity contribution in [2.24, 2.45) is 5.73 Å². The molecule has 0 spiro atoms. The molecular formula is C14H23NO2. The van der Waals surface area contributed by atoms with Crippen molar-refractivity contribution in [1.82, 2.24) is 0 Å². The number of rotatable bonds is 5. The van der Waals surface area contributed by atoms with Gasteiger partial charge in [-0.2, -0.15) is 0 Å². The molecule has 1 atom stereocenters. The highest BCUT2D eigenvalue weighted by Crippen LogP contribution is 2.17. The van der Waals surface area contributed by atoms with Crippen LogP contribution in [-0.4, -0.2) is 17.4 Å². The van der Waals surface area contributed by atoms with Gasteiger partial charge >= 0.3 is 0 Å². The second-order valence-electron chi connectivity index (χ2n) is 3.94. The summed E-state index contributed by atoms with van der Waals surface area (Å²) in [6.45, 7) is 4.03. The first-order valence-corrected chi connectivity index (χ1v) is 6.13. The molecule has 0 aliphatic carbocycles. The molecule has 1 aromatic carbocycles. The summed E-state index contributed by atoms with van der Waals surface area (Å²) < 4.78 is 0. The van der Waals surface area contributed by atoms with Gasteiger partial charge < -0.3 is 15.6 Å². The third-order valence-electron chi connectivity index (χ3n) is 2.44. The van der Waals surface area contributed by atoms with Crippen molar-refractivity contribution in [3.05, 3.63) is 29.8 Å². The van der Waals surface area contributed by atoms with E-state index in [2.05, 4.69) is 6.92 Å². The Morgan fingerprint density at radius 3 is 2.41 bits per heavy atom. The van der Waals surface area contributed by atoms with Crippen molar-refractivity contribution in [2.75, 3.05) is 0 Å². The maximum atomic E-state index is 9.61. The van der Waals surface area contributed by atoms with E-state index in [9.17, 15) is 9.90 Å². The number of phenols is 1. The van der Waals surface area contributed by atoms with Crippen LogP contribution in [0.5, 0.6) is 5.75 Å². The molecule has 0 fully saturated rings. The zero-order chi connectivity index (χ0) is 13.1. The number of aryl methyl sites for hydroxylation is 1. The predicted octanol–water partition coefficient (Wildman–Crippen LogP) is 2.66. The molecule has 3 heteroatoms. The lowest BCUT2D eigenvalue weighted by atomic mass is 10.1. The molecule has 1 rings (SSSR count). The van der Waals surface area contributed by atoms with Crippen molar-refractivity contribution in [2.45, 2.75) is 45.6 Å². The fourth-order valence-electron chi connectivity index (χ4n) is 1.19. The van der Waals surface area contributed by atoms with E-state index in [-0.39, 0.29) is 6.04 Å². The van der Waals surface area contributed by atoms with E-state index in [0.29, 0.717) is 5.75 Å². The van der Waals surface area contributed by atoms with Crippen LogP contribution in [0, 0.1) is 0 Å². The topological polar surface area (TPSA) is 63.3 Å². The number of hydrogen-bond donors (Lipinski definition) is 2. The van der Waals surface area contributed by atoms with Crippen molar-refractivity contribution in [1.29, 1.82) is 0 Å². The first-order chi connectivity index (χ1) is 8.15. The van der Waals surface area contributed by atoms with Crippen molar-refractivity contribution in [3.63, 3.8) is 0 Å². The number of aromatic hydroxyl groups is 1. The van der Waals surface area contributed by atoms with Crippen LogP contribution >= 0.6 is 0 Å². The van der Waals surface area contributed by atoms with E-state index >= 15 is 0 Å². The third kappa shape index (κ3) is 7.53. The highest BCUT2D eigenvalue weighted by molar-refractivity contribution is 5.56. The van der Waals surface area contributed by atoms with Crippen LogP contribution in [-0.2, 0) is 11.2 Å². The summed E-state index contributed by atoms with van der Waals surface area (Å²) in [5.74, 6) is 0.431. The van der Waals surface area contributed by atoms with Gasteiger partial charge in [0.15, 0.2) is 0 Å². The first kappa shape index (κ1) is 15.7. The minimum absolute atomic E-state index is 0.245. The fourth-order valence-corrected chi connectivity index (χ4v) is 1.19. The van der Waals surface area contributed by atoms with E-state index in [4.69, 9.17) is 5.73 Å². The number of nitrogens with two attached hydrogens (primary N) is 1. The molecule has 0 radical (unpaired) electrons. The average molecular weight is 237 g/mol.